The first-order chi connectivity index (χ1) is 8.52. The van der Waals surface area contributed by atoms with E-state index in [2.05, 4.69) is 5.32 Å². The molecule has 0 spiro atoms. The first kappa shape index (κ1) is 14.0. The topological polar surface area (TPSA) is 66.5 Å². The van der Waals surface area contributed by atoms with Crippen LogP contribution < -0.4 is 5.32 Å². The maximum atomic E-state index is 12.4. The minimum atomic E-state index is -0.654. The van der Waals surface area contributed by atoms with Gasteiger partial charge in [0.15, 0.2) is 0 Å². The lowest BCUT2D eigenvalue weighted by Crippen LogP contribution is -2.63. The van der Waals surface area contributed by atoms with Gasteiger partial charge in [-0.15, -0.1) is 0 Å². The van der Waals surface area contributed by atoms with Crippen LogP contribution in [0.3, 0.4) is 0 Å². The average molecular weight is 266 g/mol. The monoisotopic (exact) mass is 266 g/mol. The highest BCUT2D eigenvalue weighted by Gasteiger charge is 2.60. The van der Waals surface area contributed by atoms with E-state index in [1.165, 1.54) is 0 Å². The molecule has 3 amide bonds. The van der Waals surface area contributed by atoms with Gasteiger partial charge in [0.2, 0.25) is 17.7 Å². The number of carbonyl (C=O) groups excluding carboxylic acids is 3. The molecule has 2 fully saturated rings. The maximum absolute atomic E-state index is 12.4. The number of fused-ring (bicyclic) bond motifs is 2. The molecule has 2 unspecified atom stereocenters. The lowest BCUT2D eigenvalue weighted by atomic mass is 9.52. The standard InChI is InChI=1S/C14H22N2O3/c1-12-6-13(2,10(18)15-9(12)17)8-14(3,7-12)11(19)16(4)5/h6-8H2,1-5H3,(H,15,17,18). The van der Waals surface area contributed by atoms with Crippen molar-refractivity contribution in [2.45, 2.75) is 40.0 Å². The number of rotatable bonds is 1. The molecule has 0 radical (unpaired) electrons. The number of imide groups is 1. The van der Waals surface area contributed by atoms with Crippen LogP contribution in [0.4, 0.5) is 0 Å². The fourth-order valence-corrected chi connectivity index (χ4v) is 4.19. The van der Waals surface area contributed by atoms with Gasteiger partial charge in [0.1, 0.15) is 0 Å². The van der Waals surface area contributed by atoms with Crippen molar-refractivity contribution >= 4 is 17.7 Å². The molecular weight excluding hydrogens is 244 g/mol. The van der Waals surface area contributed by atoms with E-state index in [0.717, 1.165) is 0 Å². The van der Waals surface area contributed by atoms with E-state index in [9.17, 15) is 14.4 Å². The quantitative estimate of drug-likeness (QED) is 0.718. The zero-order chi connectivity index (χ0) is 14.6. The number of carbonyl (C=O) groups is 3. The molecule has 19 heavy (non-hydrogen) atoms. The molecule has 5 nitrogen and oxygen atoms in total. The van der Waals surface area contributed by atoms with E-state index >= 15 is 0 Å². The van der Waals surface area contributed by atoms with E-state index < -0.39 is 16.2 Å². The van der Waals surface area contributed by atoms with Crippen molar-refractivity contribution < 1.29 is 14.4 Å². The number of amides is 3. The summed E-state index contributed by atoms with van der Waals surface area (Å²) in [6, 6.07) is 0. The number of piperidine rings is 1. The molecule has 1 saturated heterocycles. The third kappa shape index (κ3) is 1.95. The molecule has 1 aliphatic carbocycles. The predicted molar refractivity (Wildman–Crippen MR) is 70.0 cm³/mol. The highest BCUT2D eigenvalue weighted by Crippen LogP contribution is 2.56. The Labute approximate surface area is 113 Å². The molecule has 5 heteroatoms. The molecule has 1 saturated carbocycles. The summed E-state index contributed by atoms with van der Waals surface area (Å²) in [5, 5.41) is 2.47. The molecule has 0 aromatic heterocycles. The minimum absolute atomic E-state index is 0.00727. The van der Waals surface area contributed by atoms with Gasteiger partial charge in [-0.25, -0.2) is 0 Å². The van der Waals surface area contributed by atoms with Crippen molar-refractivity contribution in [3.8, 4) is 0 Å². The first-order valence-electron chi connectivity index (χ1n) is 6.60. The van der Waals surface area contributed by atoms with Gasteiger partial charge in [0, 0.05) is 30.3 Å². The fraction of sp³-hybridized carbons (Fsp3) is 0.786. The van der Waals surface area contributed by atoms with E-state index in [1.807, 2.05) is 20.8 Å². The summed E-state index contributed by atoms with van der Waals surface area (Å²) in [5.41, 5.74) is -1.93. The molecule has 2 bridgehead atoms. The van der Waals surface area contributed by atoms with Crippen LogP contribution in [-0.2, 0) is 14.4 Å². The summed E-state index contributed by atoms with van der Waals surface area (Å²) in [6.45, 7) is 5.58. The Balaban J connectivity index is 2.45. The second kappa shape index (κ2) is 3.81. The van der Waals surface area contributed by atoms with E-state index in [4.69, 9.17) is 0 Å². The third-order valence-electron chi connectivity index (χ3n) is 4.59. The largest absolute Gasteiger partial charge is 0.348 e. The molecular formula is C14H22N2O3. The average Bonchev–Trinajstić information content (AvgIpc) is 2.24. The Morgan fingerprint density at radius 2 is 1.42 bits per heavy atom. The van der Waals surface area contributed by atoms with Crippen molar-refractivity contribution in [2.75, 3.05) is 14.1 Å². The zero-order valence-electron chi connectivity index (χ0n) is 12.3. The van der Waals surface area contributed by atoms with Crippen LogP contribution in [0.15, 0.2) is 0 Å². The van der Waals surface area contributed by atoms with E-state index in [0.29, 0.717) is 19.3 Å². The van der Waals surface area contributed by atoms with Crippen molar-refractivity contribution in [3.05, 3.63) is 0 Å². The van der Waals surface area contributed by atoms with Gasteiger partial charge in [-0.3, -0.25) is 19.7 Å². The van der Waals surface area contributed by atoms with Gasteiger partial charge in [-0.2, -0.15) is 0 Å². The highest BCUT2D eigenvalue weighted by atomic mass is 16.2. The van der Waals surface area contributed by atoms with E-state index in [1.54, 1.807) is 19.0 Å². The maximum Gasteiger partial charge on any atom is 0.232 e. The van der Waals surface area contributed by atoms with Gasteiger partial charge < -0.3 is 4.90 Å². The van der Waals surface area contributed by atoms with Crippen molar-refractivity contribution in [2.24, 2.45) is 16.2 Å². The molecule has 1 N–H and O–H groups in total. The van der Waals surface area contributed by atoms with E-state index in [-0.39, 0.29) is 17.7 Å². The number of nitrogens with zero attached hydrogens (tertiary/aromatic N) is 1. The summed E-state index contributed by atoms with van der Waals surface area (Å²) in [7, 11) is 3.43. The molecule has 1 heterocycles. The summed E-state index contributed by atoms with van der Waals surface area (Å²) in [4.78, 5) is 38.2. The molecule has 1 aliphatic heterocycles. The molecule has 2 atom stereocenters. The fourth-order valence-electron chi connectivity index (χ4n) is 4.19. The summed E-state index contributed by atoms with van der Waals surface area (Å²) in [6.07, 6.45) is 1.51. The van der Waals surface area contributed by atoms with Crippen LogP contribution in [0.25, 0.3) is 0 Å². The Morgan fingerprint density at radius 3 is 1.79 bits per heavy atom. The van der Waals surface area contributed by atoms with Gasteiger partial charge in [0.25, 0.3) is 0 Å². The van der Waals surface area contributed by atoms with Crippen LogP contribution in [-0.4, -0.2) is 36.7 Å². The molecule has 2 rings (SSSR count). The first-order valence-corrected chi connectivity index (χ1v) is 6.60. The van der Waals surface area contributed by atoms with Gasteiger partial charge >= 0.3 is 0 Å². The molecule has 2 aliphatic rings. The second-order valence-electron chi connectivity index (χ2n) is 7.20. The van der Waals surface area contributed by atoms with Gasteiger partial charge in [-0.05, 0) is 19.3 Å². The highest BCUT2D eigenvalue weighted by molar-refractivity contribution is 6.04. The van der Waals surface area contributed by atoms with Crippen LogP contribution in [0, 0.1) is 16.2 Å². The SMILES string of the molecule is CN(C)C(=O)C1(C)CC2(C)CC(C)(C1)C(=O)NC2=O. The van der Waals surface area contributed by atoms with Gasteiger partial charge in [0.05, 0.1) is 0 Å². The molecule has 0 aromatic carbocycles. The van der Waals surface area contributed by atoms with Gasteiger partial charge in [-0.1, -0.05) is 20.8 Å². The third-order valence-corrected chi connectivity index (χ3v) is 4.59. The lowest BCUT2D eigenvalue weighted by Gasteiger charge is -2.53. The molecule has 0 aromatic rings. The second-order valence-corrected chi connectivity index (χ2v) is 7.20. The Bertz CT molecular complexity index is 443. The summed E-state index contributed by atoms with van der Waals surface area (Å²) in [5.74, 6) is -0.493. The van der Waals surface area contributed by atoms with Crippen molar-refractivity contribution in [3.63, 3.8) is 0 Å². The number of hydrogen-bond donors (Lipinski definition) is 1. The zero-order valence-corrected chi connectivity index (χ0v) is 12.3. The minimum Gasteiger partial charge on any atom is -0.348 e. The van der Waals surface area contributed by atoms with Crippen LogP contribution >= 0.6 is 0 Å². The van der Waals surface area contributed by atoms with Crippen LogP contribution in [0.1, 0.15) is 40.0 Å². The van der Waals surface area contributed by atoms with Crippen LogP contribution in [0.2, 0.25) is 0 Å². The Kier molecular flexibility index (Phi) is 2.81. The van der Waals surface area contributed by atoms with Crippen molar-refractivity contribution in [1.29, 1.82) is 0 Å². The number of hydrogen-bond acceptors (Lipinski definition) is 3. The number of nitrogens with one attached hydrogen (secondary N) is 1. The smallest absolute Gasteiger partial charge is 0.232 e. The van der Waals surface area contributed by atoms with Crippen molar-refractivity contribution in [1.82, 2.24) is 10.2 Å². The summed E-state index contributed by atoms with van der Waals surface area (Å²) >= 11 is 0. The Morgan fingerprint density at radius 1 is 1.00 bits per heavy atom. The molecule has 106 valence electrons. The predicted octanol–water partition coefficient (Wildman–Crippen LogP) is 0.934. The normalized spacial score (nSPS) is 41.7. The lowest BCUT2D eigenvalue weighted by molar-refractivity contribution is -0.166. The Hall–Kier alpha value is -1.39. The summed E-state index contributed by atoms with van der Waals surface area (Å²) < 4.78 is 0. The van der Waals surface area contributed by atoms with Crippen LogP contribution in [0.5, 0.6) is 0 Å².